The van der Waals surface area contributed by atoms with Gasteiger partial charge in [-0.15, -0.1) is 0 Å². The minimum atomic E-state index is -4.19. The Morgan fingerprint density at radius 1 is 1.29 bits per heavy atom. The average Bonchev–Trinajstić information content (AvgIpc) is 2.47. The number of carbonyl (C=O) groups is 1. The maximum atomic E-state index is 12.5. The molecule has 0 aliphatic carbocycles. The van der Waals surface area contributed by atoms with E-state index in [0.29, 0.717) is 5.69 Å². The van der Waals surface area contributed by atoms with Gasteiger partial charge in [-0.2, -0.15) is 13.2 Å². The van der Waals surface area contributed by atoms with E-state index >= 15 is 0 Å². The molecule has 2 atom stereocenters. The molecule has 116 valence electrons. The van der Waals surface area contributed by atoms with Gasteiger partial charge in [0.25, 0.3) is 0 Å². The third-order valence-corrected chi connectivity index (χ3v) is 3.82. The molecule has 1 saturated heterocycles. The summed E-state index contributed by atoms with van der Waals surface area (Å²) >= 11 is 0. The molecule has 2 N–H and O–H groups in total. The molecule has 1 aliphatic heterocycles. The van der Waals surface area contributed by atoms with E-state index in [0.717, 1.165) is 12.0 Å². The van der Waals surface area contributed by atoms with Crippen LogP contribution in [0.3, 0.4) is 0 Å². The Bertz CT molecular complexity index is 477. The molecule has 1 fully saturated rings. The summed E-state index contributed by atoms with van der Waals surface area (Å²) in [5.41, 5.74) is 1.83. The van der Waals surface area contributed by atoms with Crippen LogP contribution in [0.25, 0.3) is 0 Å². The number of nitrogens with one attached hydrogen (secondary N) is 2. The summed E-state index contributed by atoms with van der Waals surface area (Å²) in [4.78, 5) is 12.0. The fourth-order valence-electron chi connectivity index (χ4n) is 2.41. The lowest BCUT2D eigenvalue weighted by Crippen LogP contribution is -2.49. The van der Waals surface area contributed by atoms with Crippen molar-refractivity contribution in [3.63, 3.8) is 0 Å². The van der Waals surface area contributed by atoms with Crippen molar-refractivity contribution in [3.8, 4) is 0 Å². The van der Waals surface area contributed by atoms with E-state index in [2.05, 4.69) is 10.6 Å². The van der Waals surface area contributed by atoms with Crippen LogP contribution in [0, 0.1) is 5.92 Å². The average molecular weight is 300 g/mol. The number of anilines is 1. The molecule has 1 aliphatic rings. The van der Waals surface area contributed by atoms with Crippen molar-refractivity contribution in [2.45, 2.75) is 38.4 Å². The number of alkyl halides is 3. The van der Waals surface area contributed by atoms with E-state index in [1.807, 2.05) is 19.1 Å². The molecule has 0 spiro atoms. The Balaban J connectivity index is 1.87. The molecule has 2 unspecified atom stereocenters. The van der Waals surface area contributed by atoms with Gasteiger partial charge >= 0.3 is 6.18 Å². The van der Waals surface area contributed by atoms with Gasteiger partial charge in [-0.05, 0) is 37.0 Å². The fraction of sp³-hybridized carbons (Fsp3) is 0.533. The van der Waals surface area contributed by atoms with Crippen molar-refractivity contribution in [1.29, 1.82) is 0 Å². The van der Waals surface area contributed by atoms with Crippen LogP contribution in [0.4, 0.5) is 18.9 Å². The molecule has 1 heterocycles. The zero-order chi connectivity index (χ0) is 15.5. The van der Waals surface area contributed by atoms with Gasteiger partial charge in [0, 0.05) is 12.2 Å². The molecule has 0 bridgehead atoms. The first-order chi connectivity index (χ1) is 9.90. The van der Waals surface area contributed by atoms with Crippen LogP contribution in [0.2, 0.25) is 0 Å². The first-order valence-corrected chi connectivity index (χ1v) is 7.10. The topological polar surface area (TPSA) is 41.1 Å². The molecular weight excluding hydrogens is 281 g/mol. The first kappa shape index (κ1) is 15.8. The SMILES string of the molecule is CCc1ccc(NC(=O)C2CCC(C(F)(F)F)CN2)cc1. The van der Waals surface area contributed by atoms with Gasteiger partial charge in [-0.25, -0.2) is 0 Å². The molecular formula is C15H19F3N2O. The monoisotopic (exact) mass is 300 g/mol. The summed E-state index contributed by atoms with van der Waals surface area (Å²) in [5, 5.41) is 5.42. The van der Waals surface area contributed by atoms with Gasteiger partial charge in [0.1, 0.15) is 0 Å². The lowest BCUT2D eigenvalue weighted by Gasteiger charge is -2.30. The molecule has 1 aromatic rings. The quantitative estimate of drug-likeness (QED) is 0.900. The minimum absolute atomic E-state index is 0.0106. The minimum Gasteiger partial charge on any atom is -0.325 e. The highest BCUT2D eigenvalue weighted by atomic mass is 19.4. The fourth-order valence-corrected chi connectivity index (χ4v) is 2.41. The van der Waals surface area contributed by atoms with Gasteiger partial charge in [-0.1, -0.05) is 19.1 Å². The van der Waals surface area contributed by atoms with Crippen molar-refractivity contribution >= 4 is 11.6 Å². The number of amides is 1. The second-order valence-electron chi connectivity index (χ2n) is 5.32. The van der Waals surface area contributed by atoms with Crippen molar-refractivity contribution in [3.05, 3.63) is 29.8 Å². The third-order valence-electron chi connectivity index (χ3n) is 3.82. The van der Waals surface area contributed by atoms with Crippen LogP contribution in [0.5, 0.6) is 0 Å². The van der Waals surface area contributed by atoms with Crippen molar-refractivity contribution in [1.82, 2.24) is 5.32 Å². The molecule has 1 amide bonds. The molecule has 21 heavy (non-hydrogen) atoms. The lowest BCUT2D eigenvalue weighted by molar-refractivity contribution is -0.180. The highest BCUT2D eigenvalue weighted by Gasteiger charge is 2.42. The van der Waals surface area contributed by atoms with Crippen LogP contribution in [-0.2, 0) is 11.2 Å². The standard InChI is InChI=1S/C15H19F3N2O/c1-2-10-3-6-12(7-4-10)20-14(21)13-8-5-11(9-19-13)15(16,17)18/h3-4,6-7,11,13,19H,2,5,8-9H2,1H3,(H,20,21). The van der Waals surface area contributed by atoms with Crippen LogP contribution in [0.1, 0.15) is 25.3 Å². The highest BCUT2D eigenvalue weighted by Crippen LogP contribution is 2.32. The Hall–Kier alpha value is -1.56. The lowest BCUT2D eigenvalue weighted by atomic mass is 9.94. The summed E-state index contributed by atoms with van der Waals surface area (Å²) in [6.45, 7) is 1.84. The van der Waals surface area contributed by atoms with Gasteiger partial charge in [0.15, 0.2) is 0 Å². The second-order valence-corrected chi connectivity index (χ2v) is 5.32. The maximum Gasteiger partial charge on any atom is 0.393 e. The van der Waals surface area contributed by atoms with E-state index in [-0.39, 0.29) is 25.3 Å². The van der Waals surface area contributed by atoms with Crippen LogP contribution in [-0.4, -0.2) is 24.7 Å². The number of halogens is 3. The Kier molecular flexibility index (Phi) is 4.88. The molecule has 0 aromatic heterocycles. The van der Waals surface area contributed by atoms with Gasteiger partial charge < -0.3 is 10.6 Å². The Labute approximate surface area is 121 Å². The predicted octanol–water partition coefficient (Wildman–Crippen LogP) is 3.12. The number of hydrogen-bond acceptors (Lipinski definition) is 2. The van der Waals surface area contributed by atoms with Gasteiger partial charge in [0.2, 0.25) is 5.91 Å². The number of carbonyl (C=O) groups excluding carboxylic acids is 1. The number of benzene rings is 1. The second kappa shape index (κ2) is 6.47. The summed E-state index contributed by atoms with van der Waals surface area (Å²) in [7, 11) is 0. The summed E-state index contributed by atoms with van der Waals surface area (Å²) in [6.07, 6.45) is -3.09. The van der Waals surface area contributed by atoms with Crippen LogP contribution >= 0.6 is 0 Å². The molecule has 6 heteroatoms. The number of piperidine rings is 1. The van der Waals surface area contributed by atoms with Gasteiger partial charge in [-0.3, -0.25) is 4.79 Å². The predicted molar refractivity (Wildman–Crippen MR) is 75.0 cm³/mol. The highest BCUT2D eigenvalue weighted by molar-refractivity contribution is 5.94. The molecule has 2 rings (SSSR count). The van der Waals surface area contributed by atoms with E-state index in [1.165, 1.54) is 0 Å². The number of hydrogen-bond donors (Lipinski definition) is 2. The zero-order valence-corrected chi connectivity index (χ0v) is 11.8. The molecule has 1 aromatic carbocycles. The van der Waals surface area contributed by atoms with Crippen molar-refractivity contribution < 1.29 is 18.0 Å². The largest absolute Gasteiger partial charge is 0.393 e. The Morgan fingerprint density at radius 2 is 1.95 bits per heavy atom. The van der Waals surface area contributed by atoms with Crippen molar-refractivity contribution in [2.24, 2.45) is 5.92 Å². The number of aryl methyl sites for hydroxylation is 1. The van der Waals surface area contributed by atoms with Gasteiger partial charge in [0.05, 0.1) is 12.0 Å². The van der Waals surface area contributed by atoms with E-state index in [4.69, 9.17) is 0 Å². The Morgan fingerprint density at radius 3 is 2.43 bits per heavy atom. The number of rotatable bonds is 3. The summed E-state index contributed by atoms with van der Waals surface area (Å²) in [6, 6.07) is 6.89. The smallest absolute Gasteiger partial charge is 0.325 e. The van der Waals surface area contributed by atoms with E-state index < -0.39 is 18.1 Å². The maximum absolute atomic E-state index is 12.5. The normalized spacial score (nSPS) is 22.9. The molecule has 3 nitrogen and oxygen atoms in total. The van der Waals surface area contributed by atoms with E-state index in [1.54, 1.807) is 12.1 Å². The molecule has 0 radical (unpaired) electrons. The van der Waals surface area contributed by atoms with E-state index in [9.17, 15) is 18.0 Å². The van der Waals surface area contributed by atoms with Crippen LogP contribution < -0.4 is 10.6 Å². The van der Waals surface area contributed by atoms with Crippen molar-refractivity contribution in [2.75, 3.05) is 11.9 Å². The third kappa shape index (κ3) is 4.20. The molecule has 0 saturated carbocycles. The first-order valence-electron chi connectivity index (χ1n) is 7.10. The summed E-state index contributed by atoms with van der Waals surface area (Å²) < 4.78 is 37.6. The van der Waals surface area contributed by atoms with Crippen LogP contribution in [0.15, 0.2) is 24.3 Å². The zero-order valence-electron chi connectivity index (χ0n) is 11.8. The summed E-state index contributed by atoms with van der Waals surface area (Å²) in [5.74, 6) is -1.63.